The predicted octanol–water partition coefficient (Wildman–Crippen LogP) is 3.34. The SMILES string of the molecule is CCCn1c(=N)c(C(=O)NC(C)c2ccccc2)cc2c(=O)n3cccc(C)c3nc21. The minimum atomic E-state index is -0.387. The molecule has 1 aromatic carbocycles. The van der Waals surface area contributed by atoms with Crippen molar-refractivity contribution in [2.45, 2.75) is 39.8 Å². The summed E-state index contributed by atoms with van der Waals surface area (Å²) >= 11 is 0. The molecular formula is C24H25N5O2. The highest BCUT2D eigenvalue weighted by atomic mass is 16.2. The summed E-state index contributed by atoms with van der Waals surface area (Å²) in [5.74, 6) is -0.387. The first-order chi connectivity index (χ1) is 14.9. The van der Waals surface area contributed by atoms with Crippen LogP contribution >= 0.6 is 0 Å². The molecule has 3 heterocycles. The molecule has 1 unspecified atom stereocenters. The first kappa shape index (κ1) is 20.5. The van der Waals surface area contributed by atoms with E-state index < -0.39 is 0 Å². The molecule has 4 rings (SSSR count). The van der Waals surface area contributed by atoms with Gasteiger partial charge in [0.2, 0.25) is 0 Å². The number of hydrogen-bond donors (Lipinski definition) is 2. The van der Waals surface area contributed by atoms with Crippen molar-refractivity contribution in [1.29, 1.82) is 5.41 Å². The van der Waals surface area contributed by atoms with Gasteiger partial charge < -0.3 is 9.88 Å². The minimum absolute atomic E-state index is 0.0527. The van der Waals surface area contributed by atoms with Gasteiger partial charge in [-0.2, -0.15) is 0 Å². The number of aryl methyl sites for hydroxylation is 2. The van der Waals surface area contributed by atoms with Gasteiger partial charge in [0.1, 0.15) is 16.8 Å². The van der Waals surface area contributed by atoms with Crippen LogP contribution in [0.3, 0.4) is 0 Å². The van der Waals surface area contributed by atoms with E-state index in [2.05, 4.69) is 5.32 Å². The summed E-state index contributed by atoms with van der Waals surface area (Å²) in [5, 5.41) is 12.0. The van der Waals surface area contributed by atoms with E-state index in [0.29, 0.717) is 23.2 Å². The Hall–Kier alpha value is -3.74. The van der Waals surface area contributed by atoms with E-state index in [1.807, 2.05) is 57.2 Å². The number of fused-ring (bicyclic) bond motifs is 2. The molecule has 0 radical (unpaired) electrons. The average Bonchev–Trinajstić information content (AvgIpc) is 2.77. The topological polar surface area (TPSA) is 92.2 Å². The zero-order valence-electron chi connectivity index (χ0n) is 17.8. The molecule has 31 heavy (non-hydrogen) atoms. The average molecular weight is 415 g/mol. The van der Waals surface area contributed by atoms with Crippen LogP contribution in [0.5, 0.6) is 0 Å². The quantitative estimate of drug-likeness (QED) is 0.490. The molecule has 0 aliphatic carbocycles. The number of rotatable bonds is 5. The fourth-order valence-corrected chi connectivity index (χ4v) is 3.81. The largest absolute Gasteiger partial charge is 0.345 e. The van der Waals surface area contributed by atoms with Gasteiger partial charge in [0, 0.05) is 12.7 Å². The molecule has 0 fully saturated rings. The molecule has 0 bridgehead atoms. The fraction of sp³-hybridized carbons (Fsp3) is 0.250. The minimum Gasteiger partial charge on any atom is -0.345 e. The van der Waals surface area contributed by atoms with E-state index in [1.165, 1.54) is 10.5 Å². The third-order valence-electron chi connectivity index (χ3n) is 5.47. The van der Waals surface area contributed by atoms with Gasteiger partial charge in [-0.05, 0) is 43.5 Å². The van der Waals surface area contributed by atoms with E-state index >= 15 is 0 Å². The molecule has 0 aliphatic rings. The van der Waals surface area contributed by atoms with Gasteiger partial charge in [-0.3, -0.25) is 19.4 Å². The second-order valence-corrected chi connectivity index (χ2v) is 7.70. The van der Waals surface area contributed by atoms with Crippen molar-refractivity contribution in [3.63, 3.8) is 0 Å². The van der Waals surface area contributed by atoms with Crippen LogP contribution in [0.15, 0.2) is 59.5 Å². The molecule has 0 saturated carbocycles. The molecule has 158 valence electrons. The van der Waals surface area contributed by atoms with Crippen molar-refractivity contribution in [3.8, 4) is 0 Å². The number of benzene rings is 1. The molecule has 7 nitrogen and oxygen atoms in total. The Labute approximate surface area is 179 Å². The fourth-order valence-electron chi connectivity index (χ4n) is 3.81. The first-order valence-electron chi connectivity index (χ1n) is 10.4. The van der Waals surface area contributed by atoms with Crippen LogP contribution in [-0.4, -0.2) is 19.9 Å². The van der Waals surface area contributed by atoms with Crippen molar-refractivity contribution < 1.29 is 4.79 Å². The number of aromatic nitrogens is 3. The van der Waals surface area contributed by atoms with Crippen LogP contribution in [0.4, 0.5) is 0 Å². The van der Waals surface area contributed by atoms with E-state index in [9.17, 15) is 9.59 Å². The van der Waals surface area contributed by atoms with Crippen LogP contribution < -0.4 is 16.4 Å². The molecule has 3 aromatic heterocycles. The molecule has 4 aromatic rings. The Balaban J connectivity index is 1.90. The molecular weight excluding hydrogens is 390 g/mol. The number of nitrogens with zero attached hydrogens (tertiary/aromatic N) is 3. The Morgan fingerprint density at radius 1 is 1.16 bits per heavy atom. The first-order valence-corrected chi connectivity index (χ1v) is 10.4. The summed E-state index contributed by atoms with van der Waals surface area (Å²) in [5.41, 5.74) is 2.78. The van der Waals surface area contributed by atoms with Gasteiger partial charge in [0.05, 0.1) is 17.0 Å². The van der Waals surface area contributed by atoms with Crippen LogP contribution in [0.1, 0.15) is 47.8 Å². The Kier molecular flexibility index (Phi) is 5.42. The van der Waals surface area contributed by atoms with E-state index in [0.717, 1.165) is 17.5 Å². The standard InChI is InChI=1S/C24H25N5O2/c1-4-12-28-20(25)18(23(30)26-16(3)17-10-6-5-7-11-17)14-19-22(28)27-21-15(2)9-8-13-29(21)24(19)31/h5-11,13-14,16,25H,4,12H2,1-3H3,(H,26,30). The summed E-state index contributed by atoms with van der Waals surface area (Å²) in [7, 11) is 0. The van der Waals surface area contributed by atoms with Crippen LogP contribution in [0, 0.1) is 12.3 Å². The van der Waals surface area contributed by atoms with Crippen molar-refractivity contribution in [2.75, 3.05) is 0 Å². The summed E-state index contributed by atoms with van der Waals surface area (Å²) in [4.78, 5) is 31.0. The van der Waals surface area contributed by atoms with Crippen LogP contribution in [-0.2, 0) is 6.54 Å². The molecule has 2 N–H and O–H groups in total. The van der Waals surface area contributed by atoms with E-state index in [4.69, 9.17) is 10.4 Å². The number of nitrogens with one attached hydrogen (secondary N) is 2. The normalized spacial score (nSPS) is 12.2. The molecule has 7 heteroatoms. The molecule has 1 amide bonds. The molecule has 0 spiro atoms. The highest BCUT2D eigenvalue weighted by Crippen LogP contribution is 2.15. The third kappa shape index (κ3) is 3.63. The van der Waals surface area contributed by atoms with Crippen molar-refractivity contribution in [1.82, 2.24) is 19.3 Å². The Morgan fingerprint density at radius 2 is 1.90 bits per heavy atom. The molecule has 1 atom stereocenters. The maximum atomic E-state index is 13.2. The van der Waals surface area contributed by atoms with Crippen LogP contribution in [0.2, 0.25) is 0 Å². The van der Waals surface area contributed by atoms with E-state index in [1.54, 1.807) is 16.8 Å². The lowest BCUT2D eigenvalue weighted by molar-refractivity contribution is 0.0937. The third-order valence-corrected chi connectivity index (χ3v) is 5.47. The highest BCUT2D eigenvalue weighted by molar-refractivity contribution is 5.97. The number of hydrogen-bond acceptors (Lipinski definition) is 4. The second-order valence-electron chi connectivity index (χ2n) is 7.70. The van der Waals surface area contributed by atoms with Gasteiger partial charge in [0.25, 0.3) is 11.5 Å². The van der Waals surface area contributed by atoms with Crippen molar-refractivity contribution in [2.24, 2.45) is 0 Å². The smallest absolute Gasteiger partial charge is 0.267 e. The van der Waals surface area contributed by atoms with Crippen LogP contribution in [0.25, 0.3) is 16.7 Å². The number of pyridine rings is 2. The van der Waals surface area contributed by atoms with Gasteiger partial charge in [0.15, 0.2) is 0 Å². The Bertz CT molecular complexity index is 1400. The lowest BCUT2D eigenvalue weighted by Gasteiger charge is -2.17. The monoisotopic (exact) mass is 415 g/mol. The number of carbonyl (C=O) groups excluding carboxylic acids is 1. The van der Waals surface area contributed by atoms with Crippen molar-refractivity contribution in [3.05, 3.63) is 87.3 Å². The lowest BCUT2D eigenvalue weighted by atomic mass is 10.1. The van der Waals surface area contributed by atoms with Gasteiger partial charge in [-0.1, -0.05) is 43.3 Å². The number of carbonyl (C=O) groups is 1. The zero-order chi connectivity index (χ0) is 22.1. The van der Waals surface area contributed by atoms with Gasteiger partial charge in [-0.15, -0.1) is 0 Å². The lowest BCUT2D eigenvalue weighted by Crippen LogP contribution is -2.36. The van der Waals surface area contributed by atoms with Gasteiger partial charge >= 0.3 is 0 Å². The molecule has 0 aliphatic heterocycles. The summed E-state index contributed by atoms with van der Waals surface area (Å²) < 4.78 is 3.15. The second kappa shape index (κ2) is 8.18. The summed E-state index contributed by atoms with van der Waals surface area (Å²) in [6.07, 6.45) is 2.42. The summed E-state index contributed by atoms with van der Waals surface area (Å²) in [6, 6.07) is 14.6. The molecule has 0 saturated heterocycles. The van der Waals surface area contributed by atoms with Crippen molar-refractivity contribution >= 4 is 22.6 Å². The summed E-state index contributed by atoms with van der Waals surface area (Å²) in [6.45, 7) is 6.26. The number of amides is 1. The Morgan fingerprint density at radius 3 is 2.61 bits per heavy atom. The highest BCUT2D eigenvalue weighted by Gasteiger charge is 2.19. The zero-order valence-corrected chi connectivity index (χ0v) is 17.8. The van der Waals surface area contributed by atoms with Gasteiger partial charge in [-0.25, -0.2) is 4.98 Å². The predicted molar refractivity (Wildman–Crippen MR) is 120 cm³/mol. The maximum Gasteiger partial charge on any atom is 0.267 e. The maximum absolute atomic E-state index is 13.2. The van der Waals surface area contributed by atoms with E-state index in [-0.39, 0.29) is 28.6 Å².